The number of para-hydroxylation sites is 1. The molecule has 0 aliphatic heterocycles. The number of rotatable bonds is 3. The summed E-state index contributed by atoms with van der Waals surface area (Å²) in [6.45, 7) is 3.64. The van der Waals surface area contributed by atoms with E-state index in [-0.39, 0.29) is 11.6 Å². The summed E-state index contributed by atoms with van der Waals surface area (Å²) in [5.41, 5.74) is -0.163. The van der Waals surface area contributed by atoms with Gasteiger partial charge >= 0.3 is 6.18 Å². The number of aromatic nitrogens is 2. The van der Waals surface area contributed by atoms with Gasteiger partial charge in [-0.3, -0.25) is 0 Å². The van der Waals surface area contributed by atoms with Crippen molar-refractivity contribution < 1.29 is 13.2 Å². The van der Waals surface area contributed by atoms with Gasteiger partial charge in [0.25, 0.3) is 0 Å². The van der Waals surface area contributed by atoms with Crippen LogP contribution in [0.25, 0.3) is 10.9 Å². The van der Waals surface area contributed by atoms with E-state index in [1.807, 2.05) is 6.92 Å². The van der Waals surface area contributed by atoms with Gasteiger partial charge in [-0.1, -0.05) is 12.1 Å². The average Bonchev–Trinajstić information content (AvgIpc) is 2.36. The molecular formula is C14H16F3N3. The third-order valence-corrected chi connectivity index (χ3v) is 3.25. The lowest BCUT2D eigenvalue weighted by Gasteiger charge is -2.13. The first-order valence-corrected chi connectivity index (χ1v) is 6.33. The van der Waals surface area contributed by atoms with E-state index in [0.717, 1.165) is 6.07 Å². The predicted molar refractivity (Wildman–Crippen MR) is 71.5 cm³/mol. The lowest BCUT2D eigenvalue weighted by atomic mass is 10.1. The van der Waals surface area contributed by atoms with Crippen LogP contribution in [-0.2, 0) is 12.6 Å². The fraction of sp³-hybridized carbons (Fsp3) is 0.429. The summed E-state index contributed by atoms with van der Waals surface area (Å²) in [5.74, 6) is 0.425. The van der Waals surface area contributed by atoms with E-state index >= 15 is 0 Å². The normalized spacial score (nSPS) is 13.7. The SMILES string of the molecule is CNC(C)Cc1nc(C)c2cccc(C(F)(F)F)c2n1. The Bertz CT molecular complexity index is 623. The number of alkyl halides is 3. The summed E-state index contributed by atoms with van der Waals surface area (Å²) in [6.07, 6.45) is -3.92. The third kappa shape index (κ3) is 2.90. The number of fused-ring (bicyclic) bond motifs is 1. The van der Waals surface area contributed by atoms with E-state index in [1.54, 1.807) is 20.0 Å². The predicted octanol–water partition coefficient (Wildman–Crippen LogP) is 3.11. The maximum absolute atomic E-state index is 13.0. The van der Waals surface area contributed by atoms with Crippen LogP contribution in [0.5, 0.6) is 0 Å². The molecule has 0 radical (unpaired) electrons. The molecule has 0 fully saturated rings. The summed E-state index contributed by atoms with van der Waals surface area (Å²) >= 11 is 0. The number of aryl methyl sites for hydroxylation is 1. The van der Waals surface area contributed by atoms with E-state index in [9.17, 15) is 13.2 Å². The van der Waals surface area contributed by atoms with Crippen LogP contribution in [0.2, 0.25) is 0 Å². The minimum atomic E-state index is -4.41. The Labute approximate surface area is 115 Å². The molecule has 0 spiro atoms. The van der Waals surface area contributed by atoms with Gasteiger partial charge in [0.2, 0.25) is 0 Å². The summed E-state index contributed by atoms with van der Waals surface area (Å²) in [4.78, 5) is 8.41. The third-order valence-electron chi connectivity index (χ3n) is 3.25. The molecule has 3 nitrogen and oxygen atoms in total. The van der Waals surface area contributed by atoms with Crippen LogP contribution in [0.1, 0.15) is 24.0 Å². The van der Waals surface area contributed by atoms with Crippen LogP contribution in [0, 0.1) is 6.92 Å². The highest BCUT2D eigenvalue weighted by Crippen LogP contribution is 2.34. The molecule has 1 aromatic carbocycles. The standard InChI is InChI=1S/C14H16F3N3/c1-8(18-3)7-12-19-9(2)10-5-4-6-11(13(10)20-12)14(15,16)17/h4-6,8,18H,7H2,1-3H3. The first-order valence-electron chi connectivity index (χ1n) is 6.33. The first kappa shape index (κ1) is 14.7. The Morgan fingerprint density at radius 2 is 1.95 bits per heavy atom. The molecule has 1 atom stereocenters. The molecule has 0 saturated carbocycles. The zero-order valence-electron chi connectivity index (χ0n) is 11.5. The maximum atomic E-state index is 13.0. The summed E-state index contributed by atoms with van der Waals surface area (Å²) in [7, 11) is 1.79. The van der Waals surface area contributed by atoms with Crippen molar-refractivity contribution in [2.24, 2.45) is 0 Å². The van der Waals surface area contributed by atoms with Gasteiger partial charge < -0.3 is 5.32 Å². The highest BCUT2D eigenvalue weighted by molar-refractivity contribution is 5.84. The van der Waals surface area contributed by atoms with Crippen molar-refractivity contribution in [3.05, 3.63) is 35.3 Å². The van der Waals surface area contributed by atoms with E-state index < -0.39 is 11.7 Å². The Hall–Kier alpha value is -1.69. The van der Waals surface area contributed by atoms with Crippen LogP contribution < -0.4 is 5.32 Å². The van der Waals surface area contributed by atoms with Crippen molar-refractivity contribution in [2.75, 3.05) is 7.05 Å². The quantitative estimate of drug-likeness (QED) is 0.940. The Morgan fingerprint density at radius 3 is 2.55 bits per heavy atom. The van der Waals surface area contributed by atoms with Gasteiger partial charge in [-0.15, -0.1) is 0 Å². The zero-order valence-corrected chi connectivity index (χ0v) is 11.5. The number of nitrogens with zero attached hydrogens (tertiary/aromatic N) is 2. The molecule has 1 heterocycles. The molecule has 108 valence electrons. The van der Waals surface area contributed by atoms with Crippen LogP contribution in [0.15, 0.2) is 18.2 Å². The second-order valence-corrected chi connectivity index (χ2v) is 4.82. The Balaban J connectivity index is 2.61. The van der Waals surface area contributed by atoms with E-state index in [1.165, 1.54) is 6.07 Å². The fourth-order valence-corrected chi connectivity index (χ4v) is 2.06. The molecular weight excluding hydrogens is 267 g/mol. The fourth-order valence-electron chi connectivity index (χ4n) is 2.06. The van der Waals surface area contributed by atoms with Gasteiger partial charge in [0.15, 0.2) is 0 Å². The van der Waals surface area contributed by atoms with Crippen LogP contribution in [0.4, 0.5) is 13.2 Å². The minimum absolute atomic E-state index is 0.0224. The smallest absolute Gasteiger partial charge is 0.317 e. The monoisotopic (exact) mass is 283 g/mol. The molecule has 2 rings (SSSR count). The minimum Gasteiger partial charge on any atom is -0.317 e. The number of hydrogen-bond acceptors (Lipinski definition) is 3. The maximum Gasteiger partial charge on any atom is 0.418 e. The van der Waals surface area contributed by atoms with Gasteiger partial charge in [0, 0.05) is 23.5 Å². The first-order chi connectivity index (χ1) is 9.32. The number of nitrogens with one attached hydrogen (secondary N) is 1. The molecule has 0 bridgehead atoms. The molecule has 1 N–H and O–H groups in total. The van der Waals surface area contributed by atoms with Crippen LogP contribution in [-0.4, -0.2) is 23.1 Å². The largest absolute Gasteiger partial charge is 0.418 e. The van der Waals surface area contributed by atoms with Crippen molar-refractivity contribution >= 4 is 10.9 Å². The van der Waals surface area contributed by atoms with Gasteiger partial charge in [0.05, 0.1) is 11.1 Å². The second-order valence-electron chi connectivity index (χ2n) is 4.82. The number of benzene rings is 1. The van der Waals surface area contributed by atoms with Crippen molar-refractivity contribution in [3.63, 3.8) is 0 Å². The topological polar surface area (TPSA) is 37.8 Å². The molecule has 1 aromatic heterocycles. The van der Waals surface area contributed by atoms with Crippen molar-refractivity contribution in [3.8, 4) is 0 Å². The van der Waals surface area contributed by atoms with Crippen molar-refractivity contribution in [1.29, 1.82) is 0 Å². The summed E-state index contributed by atoms with van der Waals surface area (Å²) in [6, 6.07) is 4.16. The van der Waals surface area contributed by atoms with Gasteiger partial charge in [0.1, 0.15) is 5.82 Å². The average molecular weight is 283 g/mol. The molecule has 0 amide bonds. The highest BCUT2D eigenvalue weighted by atomic mass is 19.4. The molecule has 2 aromatic rings. The van der Waals surface area contributed by atoms with E-state index in [4.69, 9.17) is 0 Å². The van der Waals surface area contributed by atoms with Gasteiger partial charge in [-0.05, 0) is 27.0 Å². The number of halogens is 3. The molecule has 0 aliphatic carbocycles. The molecule has 0 saturated heterocycles. The molecule has 1 unspecified atom stereocenters. The Morgan fingerprint density at radius 1 is 1.25 bits per heavy atom. The van der Waals surface area contributed by atoms with Crippen molar-refractivity contribution in [2.45, 2.75) is 32.5 Å². The number of hydrogen-bond donors (Lipinski definition) is 1. The lowest BCUT2D eigenvalue weighted by molar-refractivity contribution is -0.136. The molecule has 6 heteroatoms. The molecule has 0 aliphatic rings. The summed E-state index contributed by atoms with van der Waals surface area (Å²) < 4.78 is 39.1. The highest BCUT2D eigenvalue weighted by Gasteiger charge is 2.33. The lowest BCUT2D eigenvalue weighted by Crippen LogP contribution is -2.24. The van der Waals surface area contributed by atoms with Crippen LogP contribution in [0.3, 0.4) is 0 Å². The van der Waals surface area contributed by atoms with E-state index in [2.05, 4.69) is 15.3 Å². The van der Waals surface area contributed by atoms with E-state index in [0.29, 0.717) is 23.3 Å². The number of likely N-dealkylation sites (N-methyl/N-ethyl adjacent to an activating group) is 1. The Kier molecular flexibility index (Phi) is 3.94. The molecule has 20 heavy (non-hydrogen) atoms. The van der Waals surface area contributed by atoms with Gasteiger partial charge in [-0.2, -0.15) is 13.2 Å². The van der Waals surface area contributed by atoms with Crippen LogP contribution >= 0.6 is 0 Å². The van der Waals surface area contributed by atoms with Gasteiger partial charge in [-0.25, -0.2) is 9.97 Å². The zero-order chi connectivity index (χ0) is 14.9. The summed E-state index contributed by atoms with van der Waals surface area (Å²) in [5, 5.41) is 3.47. The second kappa shape index (κ2) is 5.36. The van der Waals surface area contributed by atoms with Crippen molar-refractivity contribution in [1.82, 2.24) is 15.3 Å².